The van der Waals surface area contributed by atoms with Gasteiger partial charge in [0.2, 0.25) is 13.1 Å². The second kappa shape index (κ2) is 5.12. The van der Waals surface area contributed by atoms with E-state index in [0.717, 1.165) is 22.3 Å². The molecular formula is C12H16N2O4. The maximum Gasteiger partial charge on any atom is 0.229 e. The van der Waals surface area contributed by atoms with Gasteiger partial charge in [-0.1, -0.05) is 0 Å². The van der Waals surface area contributed by atoms with Crippen molar-refractivity contribution in [1.29, 1.82) is 0 Å². The van der Waals surface area contributed by atoms with E-state index in [1.54, 1.807) is 27.7 Å². The topological polar surface area (TPSA) is 86.3 Å². The molecule has 6 heteroatoms. The summed E-state index contributed by atoms with van der Waals surface area (Å²) in [6.07, 6.45) is 0. The van der Waals surface area contributed by atoms with Gasteiger partial charge in [-0.25, -0.2) is 0 Å². The van der Waals surface area contributed by atoms with Crippen molar-refractivity contribution in [2.75, 3.05) is 0 Å². The maximum absolute atomic E-state index is 10.7. The van der Waals surface area contributed by atoms with Crippen LogP contribution in [-0.2, 0) is 13.1 Å². The van der Waals surface area contributed by atoms with Crippen LogP contribution in [0.2, 0.25) is 0 Å². The minimum Gasteiger partial charge on any atom is -0.264 e. The molecule has 1 rings (SSSR count). The van der Waals surface area contributed by atoms with Gasteiger partial charge < -0.3 is 0 Å². The van der Waals surface area contributed by atoms with Crippen molar-refractivity contribution >= 4 is 0 Å². The summed E-state index contributed by atoms with van der Waals surface area (Å²) >= 11 is 0. The molecule has 0 aliphatic carbocycles. The average Bonchev–Trinajstić information content (AvgIpc) is 2.27. The summed E-state index contributed by atoms with van der Waals surface area (Å²) in [7, 11) is 0. The van der Waals surface area contributed by atoms with Gasteiger partial charge >= 0.3 is 0 Å². The van der Waals surface area contributed by atoms with Crippen molar-refractivity contribution in [3.8, 4) is 0 Å². The predicted octanol–water partition coefficient (Wildman–Crippen LogP) is 2.47. The van der Waals surface area contributed by atoms with Crippen LogP contribution in [0.25, 0.3) is 0 Å². The fourth-order valence-electron chi connectivity index (χ4n) is 2.20. The monoisotopic (exact) mass is 252 g/mol. The Labute approximate surface area is 105 Å². The van der Waals surface area contributed by atoms with Gasteiger partial charge in [0.05, 0.1) is 0 Å². The van der Waals surface area contributed by atoms with Gasteiger partial charge in [-0.2, -0.15) is 0 Å². The van der Waals surface area contributed by atoms with Gasteiger partial charge in [0.1, 0.15) is 0 Å². The molecular weight excluding hydrogens is 236 g/mol. The first kappa shape index (κ1) is 14.1. The van der Waals surface area contributed by atoms with Gasteiger partial charge in [0.15, 0.2) is 0 Å². The molecule has 0 N–H and O–H groups in total. The highest BCUT2D eigenvalue weighted by molar-refractivity contribution is 5.49. The number of rotatable bonds is 4. The Bertz CT molecular complexity index is 447. The van der Waals surface area contributed by atoms with Crippen LogP contribution in [0.3, 0.4) is 0 Å². The highest BCUT2D eigenvalue weighted by Crippen LogP contribution is 2.27. The molecule has 1 aromatic rings. The van der Waals surface area contributed by atoms with Crippen LogP contribution in [0.5, 0.6) is 0 Å². The van der Waals surface area contributed by atoms with E-state index < -0.39 is 0 Å². The van der Waals surface area contributed by atoms with Crippen molar-refractivity contribution < 1.29 is 9.85 Å². The van der Waals surface area contributed by atoms with Crippen LogP contribution in [0, 0.1) is 47.9 Å². The third kappa shape index (κ3) is 2.64. The molecule has 0 spiro atoms. The molecule has 0 heterocycles. The van der Waals surface area contributed by atoms with E-state index in [4.69, 9.17) is 0 Å². The van der Waals surface area contributed by atoms with E-state index in [-0.39, 0.29) is 22.9 Å². The molecule has 0 unspecified atom stereocenters. The van der Waals surface area contributed by atoms with Gasteiger partial charge in [-0.3, -0.25) is 20.2 Å². The zero-order valence-electron chi connectivity index (χ0n) is 10.9. The van der Waals surface area contributed by atoms with E-state index in [1.165, 1.54) is 0 Å². The minimum absolute atomic E-state index is 0.238. The van der Waals surface area contributed by atoms with Crippen molar-refractivity contribution in [2.45, 2.75) is 40.8 Å². The Balaban J connectivity index is 3.44. The van der Waals surface area contributed by atoms with Crippen molar-refractivity contribution in [3.63, 3.8) is 0 Å². The highest BCUT2D eigenvalue weighted by Gasteiger charge is 2.20. The second-order valence-electron chi connectivity index (χ2n) is 4.44. The van der Waals surface area contributed by atoms with Crippen LogP contribution in [0.4, 0.5) is 0 Å². The first-order chi connectivity index (χ1) is 8.25. The largest absolute Gasteiger partial charge is 0.264 e. The van der Waals surface area contributed by atoms with E-state index >= 15 is 0 Å². The fraction of sp³-hybridized carbons (Fsp3) is 0.500. The fourth-order valence-corrected chi connectivity index (χ4v) is 2.20. The molecule has 1 aromatic carbocycles. The number of nitrogens with zero attached hydrogens (tertiary/aromatic N) is 2. The molecule has 0 bridgehead atoms. The summed E-state index contributed by atoms with van der Waals surface area (Å²) in [5.74, 6) is 0. The Morgan fingerprint density at radius 2 is 0.944 bits per heavy atom. The number of benzene rings is 1. The minimum atomic E-state index is -0.374. The first-order valence-electron chi connectivity index (χ1n) is 5.57. The summed E-state index contributed by atoms with van der Waals surface area (Å²) in [5.41, 5.74) is 4.47. The van der Waals surface area contributed by atoms with Gasteiger partial charge in [-0.15, -0.1) is 0 Å². The molecule has 0 atom stereocenters. The Kier molecular flexibility index (Phi) is 4.00. The molecule has 0 saturated carbocycles. The second-order valence-corrected chi connectivity index (χ2v) is 4.44. The molecule has 98 valence electrons. The molecule has 6 nitrogen and oxygen atoms in total. The lowest BCUT2D eigenvalue weighted by Gasteiger charge is -2.16. The zero-order valence-corrected chi connectivity index (χ0v) is 10.9. The lowest BCUT2D eigenvalue weighted by Crippen LogP contribution is -2.11. The van der Waals surface area contributed by atoms with Crippen LogP contribution in [0.1, 0.15) is 33.4 Å². The van der Waals surface area contributed by atoms with Crippen LogP contribution >= 0.6 is 0 Å². The molecule has 0 aliphatic rings. The summed E-state index contributed by atoms with van der Waals surface area (Å²) in [4.78, 5) is 20.6. The average molecular weight is 252 g/mol. The summed E-state index contributed by atoms with van der Waals surface area (Å²) < 4.78 is 0. The summed E-state index contributed by atoms with van der Waals surface area (Å²) in [6.45, 7) is 6.65. The quantitative estimate of drug-likeness (QED) is 0.608. The molecule has 0 radical (unpaired) electrons. The zero-order chi connectivity index (χ0) is 14.0. The third-order valence-electron chi connectivity index (χ3n) is 3.51. The van der Waals surface area contributed by atoms with E-state index in [9.17, 15) is 20.2 Å². The number of hydrogen-bond acceptors (Lipinski definition) is 4. The molecule has 0 fully saturated rings. The molecule has 0 aliphatic heterocycles. The van der Waals surface area contributed by atoms with Crippen LogP contribution < -0.4 is 0 Å². The highest BCUT2D eigenvalue weighted by atomic mass is 16.6. The van der Waals surface area contributed by atoms with Gasteiger partial charge in [0.25, 0.3) is 0 Å². The Morgan fingerprint density at radius 1 is 0.722 bits per heavy atom. The maximum atomic E-state index is 10.7. The van der Waals surface area contributed by atoms with Crippen molar-refractivity contribution in [3.05, 3.63) is 53.6 Å². The van der Waals surface area contributed by atoms with E-state index in [1.807, 2.05) is 0 Å². The lowest BCUT2D eigenvalue weighted by atomic mass is 9.89. The molecule has 0 aromatic heterocycles. The van der Waals surface area contributed by atoms with Crippen LogP contribution in [0.15, 0.2) is 0 Å². The molecule has 0 saturated heterocycles. The Hall–Kier alpha value is -1.98. The van der Waals surface area contributed by atoms with E-state index in [0.29, 0.717) is 11.1 Å². The molecule has 18 heavy (non-hydrogen) atoms. The van der Waals surface area contributed by atoms with Gasteiger partial charge in [-0.05, 0) is 49.9 Å². The Morgan fingerprint density at radius 3 is 1.11 bits per heavy atom. The standard InChI is InChI=1S/C12H16N2O4/c1-7-8(2)12(6-14(17)18)10(4)9(3)11(7)5-13(15)16/h5-6H2,1-4H3. The first-order valence-corrected chi connectivity index (χ1v) is 5.57. The van der Waals surface area contributed by atoms with Crippen molar-refractivity contribution in [1.82, 2.24) is 0 Å². The normalized spacial score (nSPS) is 10.4. The molecule has 0 amide bonds. The van der Waals surface area contributed by atoms with E-state index in [2.05, 4.69) is 0 Å². The summed E-state index contributed by atoms with van der Waals surface area (Å²) in [6, 6.07) is 0. The SMILES string of the molecule is Cc1c(C)c(C[N+](=O)[O-])c(C)c(C)c1C[N+](=O)[O-]. The van der Waals surface area contributed by atoms with Crippen molar-refractivity contribution in [2.24, 2.45) is 0 Å². The third-order valence-corrected chi connectivity index (χ3v) is 3.51. The predicted molar refractivity (Wildman–Crippen MR) is 66.8 cm³/mol. The number of nitro groups is 2. The number of hydrogen-bond donors (Lipinski definition) is 0. The van der Waals surface area contributed by atoms with Gasteiger partial charge in [0, 0.05) is 21.0 Å². The summed E-state index contributed by atoms with van der Waals surface area (Å²) in [5, 5.41) is 21.3. The van der Waals surface area contributed by atoms with Crippen LogP contribution in [-0.4, -0.2) is 9.85 Å². The lowest BCUT2D eigenvalue weighted by molar-refractivity contribution is -0.497. The smallest absolute Gasteiger partial charge is 0.229 e.